The third-order valence-electron chi connectivity index (χ3n) is 1.16. The fraction of sp³-hybridized carbons (Fsp3) is 0. The van der Waals surface area contributed by atoms with Crippen molar-refractivity contribution < 1.29 is 0 Å². The molecule has 0 aromatic heterocycles. The fourth-order valence-corrected chi connectivity index (χ4v) is 0.921. The van der Waals surface area contributed by atoms with Crippen LogP contribution in [-0.4, -0.2) is 0 Å². The molecule has 1 aromatic rings. The minimum atomic E-state index is 0.426. The van der Waals surface area contributed by atoms with Gasteiger partial charge in [0.25, 0.3) is 0 Å². The standard InChI is InChI=1S/C7H5ClN3/c1-5-2-3-7(10-11-9)6(8)4-5/h2-4H,1H2. The van der Waals surface area contributed by atoms with E-state index in [4.69, 9.17) is 17.1 Å². The zero-order chi connectivity index (χ0) is 8.27. The number of nitrogens with zero attached hydrogens (tertiary/aromatic N) is 3. The first kappa shape index (κ1) is 7.92. The molecular weight excluding hydrogens is 162 g/mol. The third-order valence-corrected chi connectivity index (χ3v) is 1.47. The lowest BCUT2D eigenvalue weighted by Gasteiger charge is -1.96. The average molecular weight is 167 g/mol. The molecular formula is C7H5ClN3. The zero-order valence-electron chi connectivity index (χ0n) is 5.66. The summed E-state index contributed by atoms with van der Waals surface area (Å²) in [6.45, 7) is 3.66. The van der Waals surface area contributed by atoms with Crippen LogP contribution in [0.1, 0.15) is 5.56 Å². The molecule has 0 saturated carbocycles. The van der Waals surface area contributed by atoms with Gasteiger partial charge in [0, 0.05) is 4.91 Å². The smallest absolute Gasteiger partial charge is 0.0561 e. The summed E-state index contributed by atoms with van der Waals surface area (Å²) in [5.74, 6) is 0. The molecule has 0 aliphatic rings. The first-order valence-corrected chi connectivity index (χ1v) is 3.28. The second kappa shape index (κ2) is 3.28. The number of azide groups is 1. The molecule has 0 unspecified atom stereocenters. The molecule has 0 bridgehead atoms. The van der Waals surface area contributed by atoms with E-state index >= 15 is 0 Å². The highest BCUT2D eigenvalue weighted by molar-refractivity contribution is 6.33. The molecule has 0 saturated heterocycles. The lowest BCUT2D eigenvalue weighted by Crippen LogP contribution is -1.70. The average Bonchev–Trinajstić information content (AvgIpc) is 1.95. The maximum atomic E-state index is 8.10. The van der Waals surface area contributed by atoms with E-state index in [2.05, 4.69) is 16.9 Å². The van der Waals surface area contributed by atoms with Gasteiger partial charge in [-0.05, 0) is 24.1 Å². The second-order valence-corrected chi connectivity index (χ2v) is 2.38. The minimum Gasteiger partial charge on any atom is -0.0838 e. The highest BCUT2D eigenvalue weighted by Gasteiger charge is 1.95. The van der Waals surface area contributed by atoms with Crippen LogP contribution in [0.5, 0.6) is 0 Å². The van der Waals surface area contributed by atoms with Crippen LogP contribution in [-0.2, 0) is 0 Å². The van der Waals surface area contributed by atoms with Gasteiger partial charge >= 0.3 is 0 Å². The minimum absolute atomic E-state index is 0.426. The predicted octanol–water partition coefficient (Wildman–Crippen LogP) is 3.46. The van der Waals surface area contributed by atoms with Gasteiger partial charge < -0.3 is 0 Å². The Bertz CT molecular complexity index is 315. The summed E-state index contributed by atoms with van der Waals surface area (Å²) in [5, 5.41) is 3.79. The molecule has 0 aliphatic carbocycles. The first-order valence-electron chi connectivity index (χ1n) is 2.90. The van der Waals surface area contributed by atoms with Crippen LogP contribution in [0.2, 0.25) is 5.02 Å². The van der Waals surface area contributed by atoms with Gasteiger partial charge in [-0.3, -0.25) is 0 Å². The molecule has 0 amide bonds. The second-order valence-electron chi connectivity index (χ2n) is 1.98. The summed E-state index contributed by atoms with van der Waals surface area (Å²) in [6, 6.07) is 5.01. The molecule has 55 valence electrons. The summed E-state index contributed by atoms with van der Waals surface area (Å²) < 4.78 is 0. The lowest BCUT2D eigenvalue weighted by atomic mass is 10.2. The maximum Gasteiger partial charge on any atom is 0.0561 e. The van der Waals surface area contributed by atoms with Gasteiger partial charge in [-0.25, -0.2) is 0 Å². The highest BCUT2D eigenvalue weighted by Crippen LogP contribution is 2.25. The van der Waals surface area contributed by atoms with Gasteiger partial charge in [0.1, 0.15) is 0 Å². The van der Waals surface area contributed by atoms with Crippen LogP contribution in [0.25, 0.3) is 10.4 Å². The summed E-state index contributed by atoms with van der Waals surface area (Å²) in [5.41, 5.74) is 9.33. The largest absolute Gasteiger partial charge is 0.0838 e. The van der Waals surface area contributed by atoms with Crippen molar-refractivity contribution in [2.45, 2.75) is 0 Å². The normalized spacial score (nSPS) is 8.91. The Hall–Kier alpha value is -1.18. The maximum absolute atomic E-state index is 8.10. The number of hydrogen-bond donors (Lipinski definition) is 0. The third kappa shape index (κ3) is 1.87. The van der Waals surface area contributed by atoms with Crippen molar-refractivity contribution in [1.82, 2.24) is 0 Å². The van der Waals surface area contributed by atoms with Gasteiger partial charge in [0.05, 0.1) is 10.7 Å². The van der Waals surface area contributed by atoms with Crippen molar-refractivity contribution in [2.75, 3.05) is 0 Å². The molecule has 0 atom stereocenters. The number of benzene rings is 1. The molecule has 0 fully saturated rings. The predicted molar refractivity (Wildman–Crippen MR) is 44.7 cm³/mol. The molecule has 0 heterocycles. The molecule has 3 nitrogen and oxygen atoms in total. The van der Waals surface area contributed by atoms with Crippen molar-refractivity contribution >= 4 is 17.3 Å². The molecule has 1 radical (unpaired) electrons. The lowest BCUT2D eigenvalue weighted by molar-refractivity contribution is 1.46. The monoisotopic (exact) mass is 166 g/mol. The van der Waals surface area contributed by atoms with Crippen molar-refractivity contribution in [2.24, 2.45) is 5.11 Å². The van der Waals surface area contributed by atoms with Crippen LogP contribution in [0.3, 0.4) is 0 Å². The molecule has 1 aromatic carbocycles. The Morgan fingerprint density at radius 3 is 2.82 bits per heavy atom. The summed E-state index contributed by atoms with van der Waals surface area (Å²) in [4.78, 5) is 2.62. The van der Waals surface area contributed by atoms with Gasteiger partial charge in [0.2, 0.25) is 0 Å². The van der Waals surface area contributed by atoms with Gasteiger partial charge in [0.15, 0.2) is 0 Å². The number of hydrogen-bond acceptors (Lipinski definition) is 1. The van der Waals surface area contributed by atoms with Crippen LogP contribution in [0.15, 0.2) is 23.3 Å². The zero-order valence-corrected chi connectivity index (χ0v) is 6.41. The van der Waals surface area contributed by atoms with Crippen molar-refractivity contribution in [3.8, 4) is 0 Å². The Balaban J connectivity index is 3.19. The molecule has 4 heteroatoms. The Labute approximate surface area is 69.2 Å². The molecule has 0 spiro atoms. The van der Waals surface area contributed by atoms with E-state index in [9.17, 15) is 0 Å². The van der Waals surface area contributed by atoms with E-state index in [1.54, 1.807) is 18.2 Å². The fourth-order valence-electron chi connectivity index (χ4n) is 0.680. The molecule has 0 aliphatic heterocycles. The Morgan fingerprint density at radius 2 is 2.27 bits per heavy atom. The topological polar surface area (TPSA) is 48.8 Å². The van der Waals surface area contributed by atoms with Gasteiger partial charge in [-0.15, -0.1) is 0 Å². The Kier molecular flexibility index (Phi) is 2.36. The van der Waals surface area contributed by atoms with Crippen LogP contribution >= 0.6 is 11.6 Å². The summed E-state index contributed by atoms with van der Waals surface area (Å²) >= 11 is 5.70. The SMILES string of the molecule is [CH2]c1ccc(N=[N+]=[N-])c(Cl)c1. The van der Waals surface area contributed by atoms with E-state index in [1.807, 2.05) is 0 Å². The Morgan fingerprint density at radius 1 is 1.55 bits per heavy atom. The number of halogens is 1. The van der Waals surface area contributed by atoms with Crippen molar-refractivity contribution in [3.63, 3.8) is 0 Å². The quantitative estimate of drug-likeness (QED) is 0.349. The van der Waals surface area contributed by atoms with Gasteiger partial charge in [-0.1, -0.05) is 28.8 Å². The van der Waals surface area contributed by atoms with E-state index in [0.717, 1.165) is 5.56 Å². The van der Waals surface area contributed by atoms with Crippen molar-refractivity contribution in [3.05, 3.63) is 46.2 Å². The van der Waals surface area contributed by atoms with Crippen LogP contribution in [0, 0.1) is 6.92 Å². The van der Waals surface area contributed by atoms with E-state index in [-0.39, 0.29) is 0 Å². The van der Waals surface area contributed by atoms with E-state index < -0.39 is 0 Å². The number of rotatable bonds is 1. The molecule has 1 rings (SSSR count). The van der Waals surface area contributed by atoms with E-state index in [1.165, 1.54) is 0 Å². The van der Waals surface area contributed by atoms with Crippen LogP contribution in [0.4, 0.5) is 5.69 Å². The highest BCUT2D eigenvalue weighted by atomic mass is 35.5. The summed E-state index contributed by atoms with van der Waals surface area (Å²) in [6.07, 6.45) is 0. The van der Waals surface area contributed by atoms with Gasteiger partial charge in [-0.2, -0.15) is 0 Å². The van der Waals surface area contributed by atoms with Crippen LogP contribution < -0.4 is 0 Å². The summed E-state index contributed by atoms with van der Waals surface area (Å²) in [7, 11) is 0. The molecule has 0 N–H and O–H groups in total. The van der Waals surface area contributed by atoms with Crippen molar-refractivity contribution in [1.29, 1.82) is 0 Å². The first-order chi connectivity index (χ1) is 5.24. The van der Waals surface area contributed by atoms with E-state index in [0.29, 0.717) is 10.7 Å². The molecule has 11 heavy (non-hydrogen) atoms.